The summed E-state index contributed by atoms with van der Waals surface area (Å²) in [6.07, 6.45) is 0. The summed E-state index contributed by atoms with van der Waals surface area (Å²) >= 11 is 0. The van der Waals surface area contributed by atoms with Gasteiger partial charge in [0.25, 0.3) is 0 Å². The van der Waals surface area contributed by atoms with Gasteiger partial charge in [0.15, 0.2) is 0 Å². The van der Waals surface area contributed by atoms with Gasteiger partial charge in [0.2, 0.25) is 0 Å². The van der Waals surface area contributed by atoms with Gasteiger partial charge >= 0.3 is 0 Å². The first-order valence-corrected chi connectivity index (χ1v) is 9.39. The zero-order chi connectivity index (χ0) is 18.6. The van der Waals surface area contributed by atoms with Crippen LogP contribution in [0.25, 0.3) is 10.9 Å². The van der Waals surface area contributed by atoms with E-state index in [1.165, 1.54) is 5.69 Å². The van der Waals surface area contributed by atoms with Crippen molar-refractivity contribution < 1.29 is 0 Å². The Kier molecular flexibility index (Phi) is 5.03. The molecule has 1 aliphatic heterocycles. The highest BCUT2D eigenvalue weighted by molar-refractivity contribution is 5.99. The molecule has 1 fully saturated rings. The van der Waals surface area contributed by atoms with E-state index in [0.717, 1.165) is 54.2 Å². The second-order valence-corrected chi connectivity index (χ2v) is 7.04. The molecule has 4 rings (SSSR count). The van der Waals surface area contributed by atoms with Crippen molar-refractivity contribution in [1.82, 2.24) is 9.88 Å². The molecule has 0 saturated carbocycles. The van der Waals surface area contributed by atoms with Crippen LogP contribution in [0.1, 0.15) is 12.5 Å². The maximum atomic E-state index is 4.59. The zero-order valence-electron chi connectivity index (χ0n) is 15.9. The third-order valence-electron chi connectivity index (χ3n) is 5.09. The highest BCUT2D eigenvalue weighted by atomic mass is 15.3. The zero-order valence-corrected chi connectivity index (χ0v) is 15.9. The summed E-state index contributed by atoms with van der Waals surface area (Å²) in [5, 5.41) is 5.64. The van der Waals surface area contributed by atoms with E-state index in [2.05, 4.69) is 68.8 Å². The van der Waals surface area contributed by atoms with Crippen molar-refractivity contribution in [2.24, 2.45) is 5.10 Å². The molecule has 2 aromatic carbocycles. The molecule has 2 heterocycles. The van der Waals surface area contributed by atoms with Gasteiger partial charge in [-0.25, -0.2) is 4.98 Å². The molecule has 0 atom stereocenters. The van der Waals surface area contributed by atoms with Gasteiger partial charge in [-0.2, -0.15) is 5.10 Å². The third-order valence-corrected chi connectivity index (χ3v) is 5.09. The number of piperazine rings is 1. The van der Waals surface area contributed by atoms with Gasteiger partial charge in [0, 0.05) is 37.3 Å². The van der Waals surface area contributed by atoms with Crippen LogP contribution in [0.5, 0.6) is 0 Å². The third kappa shape index (κ3) is 4.09. The lowest BCUT2D eigenvalue weighted by Crippen LogP contribution is -2.44. The van der Waals surface area contributed by atoms with E-state index >= 15 is 0 Å². The molecule has 138 valence electrons. The molecule has 1 saturated heterocycles. The fraction of sp³-hybridized carbons (Fsp3) is 0.273. The van der Waals surface area contributed by atoms with Gasteiger partial charge < -0.3 is 9.80 Å². The average Bonchev–Trinajstić information content (AvgIpc) is 2.72. The molecular formula is C22H25N5. The Bertz CT molecular complexity index is 940. The number of para-hydroxylation sites is 1. The molecule has 27 heavy (non-hydrogen) atoms. The molecule has 1 aromatic heterocycles. The molecule has 0 spiro atoms. The summed E-state index contributed by atoms with van der Waals surface area (Å²) in [4.78, 5) is 9.40. The Morgan fingerprint density at radius 1 is 0.926 bits per heavy atom. The minimum absolute atomic E-state index is 0.752. The van der Waals surface area contributed by atoms with Crippen LogP contribution in [0.4, 0.5) is 11.5 Å². The largest absolute Gasteiger partial charge is 0.369 e. The number of fused-ring (bicyclic) bond motifs is 1. The van der Waals surface area contributed by atoms with Crippen LogP contribution in [0.15, 0.2) is 65.8 Å². The van der Waals surface area contributed by atoms with Gasteiger partial charge in [-0.3, -0.25) is 5.43 Å². The molecule has 1 aliphatic rings. The lowest BCUT2D eigenvalue weighted by atomic mass is 10.1. The van der Waals surface area contributed by atoms with Crippen LogP contribution in [-0.4, -0.2) is 48.8 Å². The lowest BCUT2D eigenvalue weighted by molar-refractivity contribution is 0.313. The molecule has 0 amide bonds. The first-order valence-electron chi connectivity index (χ1n) is 9.39. The lowest BCUT2D eigenvalue weighted by Gasteiger charge is -2.34. The molecule has 0 unspecified atom stereocenters. The van der Waals surface area contributed by atoms with Crippen molar-refractivity contribution in [1.29, 1.82) is 0 Å². The van der Waals surface area contributed by atoms with Crippen LogP contribution in [0.3, 0.4) is 0 Å². The maximum absolute atomic E-state index is 4.59. The van der Waals surface area contributed by atoms with Crippen LogP contribution < -0.4 is 10.3 Å². The van der Waals surface area contributed by atoms with Gasteiger partial charge in [-0.05, 0) is 49.9 Å². The topological polar surface area (TPSA) is 43.8 Å². The molecule has 0 bridgehead atoms. The molecule has 0 aliphatic carbocycles. The highest BCUT2D eigenvalue weighted by Gasteiger charge is 2.14. The number of likely N-dealkylation sites (N-methyl/N-ethyl adjacent to an activating group) is 1. The van der Waals surface area contributed by atoms with Crippen molar-refractivity contribution in [3.63, 3.8) is 0 Å². The summed E-state index contributed by atoms with van der Waals surface area (Å²) in [7, 11) is 2.18. The number of hydrogen-bond donors (Lipinski definition) is 1. The maximum Gasteiger partial charge on any atom is 0.146 e. The normalized spacial score (nSPS) is 15.9. The predicted molar refractivity (Wildman–Crippen MR) is 114 cm³/mol. The first kappa shape index (κ1) is 17.5. The minimum atomic E-state index is 0.752. The molecule has 0 radical (unpaired) electrons. The van der Waals surface area contributed by atoms with Gasteiger partial charge in [0.05, 0.1) is 11.2 Å². The molecular weight excluding hydrogens is 334 g/mol. The summed E-state index contributed by atoms with van der Waals surface area (Å²) < 4.78 is 0. The quantitative estimate of drug-likeness (QED) is 0.568. The number of benzene rings is 2. The van der Waals surface area contributed by atoms with E-state index < -0.39 is 0 Å². The number of pyridine rings is 1. The minimum Gasteiger partial charge on any atom is -0.369 e. The standard InChI is InChI=1S/C22H25N5/c1-17(24-25-22-12-9-19-5-3-4-6-21(19)23-22)18-7-10-20(11-8-18)27-15-13-26(2)14-16-27/h3-12H,13-16H2,1-2H3,(H,23,25)/b24-17+. The fourth-order valence-electron chi connectivity index (χ4n) is 3.31. The molecule has 5 nitrogen and oxygen atoms in total. The Hall–Kier alpha value is -2.92. The number of rotatable bonds is 4. The number of hydrogen-bond acceptors (Lipinski definition) is 5. The number of anilines is 2. The number of nitrogens with zero attached hydrogens (tertiary/aromatic N) is 4. The second-order valence-electron chi connectivity index (χ2n) is 7.04. The monoisotopic (exact) mass is 359 g/mol. The predicted octanol–water partition coefficient (Wildman–Crippen LogP) is 3.82. The Labute approximate surface area is 160 Å². The SMILES string of the molecule is C/C(=N\Nc1ccc2ccccc2n1)c1ccc(N2CCN(C)CC2)cc1. The van der Waals surface area contributed by atoms with Gasteiger partial charge in [-0.15, -0.1) is 0 Å². The fourth-order valence-corrected chi connectivity index (χ4v) is 3.31. The van der Waals surface area contributed by atoms with E-state index in [1.807, 2.05) is 31.2 Å². The van der Waals surface area contributed by atoms with Crippen molar-refractivity contribution in [2.45, 2.75) is 6.92 Å². The van der Waals surface area contributed by atoms with Crippen LogP contribution >= 0.6 is 0 Å². The van der Waals surface area contributed by atoms with Crippen molar-refractivity contribution in [2.75, 3.05) is 43.6 Å². The van der Waals surface area contributed by atoms with Crippen LogP contribution in [-0.2, 0) is 0 Å². The summed E-state index contributed by atoms with van der Waals surface area (Å²) in [5.41, 5.74) is 7.38. The van der Waals surface area contributed by atoms with E-state index in [1.54, 1.807) is 0 Å². The van der Waals surface area contributed by atoms with E-state index in [4.69, 9.17) is 0 Å². The van der Waals surface area contributed by atoms with Gasteiger partial charge in [-0.1, -0.05) is 30.3 Å². The van der Waals surface area contributed by atoms with Gasteiger partial charge in [0.1, 0.15) is 5.82 Å². The van der Waals surface area contributed by atoms with E-state index in [-0.39, 0.29) is 0 Å². The molecule has 3 aromatic rings. The Morgan fingerprint density at radius 2 is 1.67 bits per heavy atom. The van der Waals surface area contributed by atoms with E-state index in [9.17, 15) is 0 Å². The highest BCUT2D eigenvalue weighted by Crippen LogP contribution is 2.18. The Morgan fingerprint density at radius 3 is 2.44 bits per heavy atom. The smallest absolute Gasteiger partial charge is 0.146 e. The Balaban J connectivity index is 1.44. The van der Waals surface area contributed by atoms with Crippen LogP contribution in [0, 0.1) is 0 Å². The van der Waals surface area contributed by atoms with Crippen molar-refractivity contribution in [3.8, 4) is 0 Å². The second kappa shape index (κ2) is 7.76. The summed E-state index contributed by atoms with van der Waals surface area (Å²) in [6.45, 7) is 6.41. The molecule has 1 N–H and O–H groups in total. The number of hydrazone groups is 1. The number of aromatic nitrogens is 1. The van der Waals surface area contributed by atoms with E-state index in [0.29, 0.717) is 0 Å². The molecule has 5 heteroatoms. The number of nitrogens with one attached hydrogen (secondary N) is 1. The average molecular weight is 359 g/mol. The van der Waals surface area contributed by atoms with Crippen molar-refractivity contribution in [3.05, 3.63) is 66.2 Å². The summed E-state index contributed by atoms with van der Waals surface area (Å²) in [5.74, 6) is 0.752. The first-order chi connectivity index (χ1) is 13.2. The van der Waals surface area contributed by atoms with Crippen molar-refractivity contribution >= 4 is 28.1 Å². The summed E-state index contributed by atoms with van der Waals surface area (Å²) in [6, 6.07) is 20.7. The van der Waals surface area contributed by atoms with Crippen LogP contribution in [0.2, 0.25) is 0 Å².